The molecule has 3 aromatic carbocycles. The highest BCUT2D eigenvalue weighted by atomic mass is 19.4. The topological polar surface area (TPSA) is 15.3 Å². The maximum Gasteiger partial charge on any atom is 0.416 e. The molecule has 1 unspecified atom stereocenters. The molecule has 5 heteroatoms. The number of benzene rings is 3. The lowest BCUT2D eigenvalue weighted by Gasteiger charge is -2.39. The van der Waals surface area contributed by atoms with Crippen LogP contribution >= 0.6 is 0 Å². The van der Waals surface area contributed by atoms with Crippen molar-refractivity contribution in [2.75, 3.05) is 10.2 Å². The van der Waals surface area contributed by atoms with Crippen LogP contribution in [0, 0.1) is 13.8 Å². The van der Waals surface area contributed by atoms with Crippen LogP contribution in [0.4, 0.5) is 30.2 Å². The second-order valence-corrected chi connectivity index (χ2v) is 7.37. The molecule has 1 N–H and O–H groups in total. The largest absolute Gasteiger partial charge is 0.416 e. The first-order chi connectivity index (χ1) is 13.2. The molecule has 4 rings (SSSR count). The van der Waals surface area contributed by atoms with Crippen LogP contribution in [0.5, 0.6) is 0 Å². The number of hydrogen-bond donors (Lipinski definition) is 1. The van der Waals surface area contributed by atoms with Crippen LogP contribution in [0.1, 0.15) is 29.2 Å². The van der Waals surface area contributed by atoms with Crippen LogP contribution in [-0.2, 0) is 11.8 Å². The number of nitrogens with one attached hydrogen (secondary N) is 1. The van der Waals surface area contributed by atoms with Crippen LogP contribution < -0.4 is 10.2 Å². The lowest BCUT2D eigenvalue weighted by atomic mass is 9.96. The Morgan fingerprint density at radius 3 is 2.04 bits per heavy atom. The van der Waals surface area contributed by atoms with Crippen molar-refractivity contribution < 1.29 is 13.2 Å². The van der Waals surface area contributed by atoms with Gasteiger partial charge in [0.2, 0.25) is 0 Å². The average molecular weight is 382 g/mol. The summed E-state index contributed by atoms with van der Waals surface area (Å²) in [7, 11) is 0. The number of hydrogen-bond acceptors (Lipinski definition) is 2. The zero-order valence-corrected chi connectivity index (χ0v) is 15.9. The first kappa shape index (κ1) is 18.4. The van der Waals surface area contributed by atoms with E-state index in [1.54, 1.807) is 12.1 Å². The molecule has 0 bridgehead atoms. The zero-order chi connectivity index (χ0) is 20.1. The molecule has 0 aromatic heterocycles. The summed E-state index contributed by atoms with van der Waals surface area (Å²) in [5.74, 6) is 0. The fourth-order valence-corrected chi connectivity index (χ4v) is 4.02. The first-order valence-electron chi connectivity index (χ1n) is 9.13. The van der Waals surface area contributed by atoms with Crippen LogP contribution in [0.15, 0.2) is 66.7 Å². The molecule has 28 heavy (non-hydrogen) atoms. The van der Waals surface area contributed by atoms with Gasteiger partial charge in [0, 0.05) is 5.69 Å². The number of alkyl halides is 3. The monoisotopic (exact) mass is 382 g/mol. The zero-order valence-electron chi connectivity index (χ0n) is 15.9. The lowest BCUT2D eigenvalue weighted by Crippen LogP contribution is -2.43. The maximum atomic E-state index is 13.0. The van der Waals surface area contributed by atoms with E-state index in [1.165, 1.54) is 0 Å². The van der Waals surface area contributed by atoms with Gasteiger partial charge in [0.05, 0.1) is 16.9 Å². The molecule has 0 spiro atoms. The Kier molecular flexibility index (Phi) is 4.14. The van der Waals surface area contributed by atoms with Gasteiger partial charge in [-0.15, -0.1) is 0 Å². The molecule has 3 aromatic rings. The predicted octanol–water partition coefficient (Wildman–Crippen LogP) is 6.76. The third-order valence-electron chi connectivity index (χ3n) is 5.41. The van der Waals surface area contributed by atoms with Gasteiger partial charge < -0.3 is 10.2 Å². The van der Waals surface area contributed by atoms with E-state index in [9.17, 15) is 13.2 Å². The number of rotatable bonds is 2. The summed E-state index contributed by atoms with van der Waals surface area (Å²) in [6.07, 6.45) is -4.35. The highest BCUT2D eigenvalue weighted by molar-refractivity contribution is 5.86. The van der Waals surface area contributed by atoms with E-state index in [4.69, 9.17) is 0 Å². The molecule has 1 heterocycles. The van der Waals surface area contributed by atoms with Crippen molar-refractivity contribution in [1.29, 1.82) is 0 Å². The van der Waals surface area contributed by atoms with Gasteiger partial charge in [-0.2, -0.15) is 13.2 Å². The number of aryl methyl sites for hydroxylation is 2. The molecule has 0 fully saturated rings. The van der Waals surface area contributed by atoms with E-state index in [1.807, 2.05) is 37.3 Å². The van der Waals surface area contributed by atoms with Crippen molar-refractivity contribution in [3.8, 4) is 0 Å². The van der Waals surface area contributed by atoms with E-state index in [-0.39, 0.29) is 0 Å². The highest BCUT2D eigenvalue weighted by Crippen LogP contribution is 2.51. The summed E-state index contributed by atoms with van der Waals surface area (Å²) in [5.41, 5.74) is 4.63. The summed E-state index contributed by atoms with van der Waals surface area (Å²) in [6, 6.07) is 19.5. The second kappa shape index (κ2) is 6.30. The van der Waals surface area contributed by atoms with Crippen LogP contribution in [0.25, 0.3) is 0 Å². The standard InChI is InChI=1S/C23H21F3N2/c1-15-7-6-8-16(2)21(15)28-20-10-5-4-9-19(20)27-22(28,3)17-11-13-18(14-12-17)23(24,25)26/h4-14,27H,1-3H3. The number of halogens is 3. The van der Waals surface area contributed by atoms with Crippen LogP contribution in [-0.4, -0.2) is 0 Å². The smallest absolute Gasteiger partial charge is 0.357 e. The third-order valence-corrected chi connectivity index (χ3v) is 5.41. The van der Waals surface area contributed by atoms with E-state index in [2.05, 4.69) is 36.2 Å². The molecule has 1 atom stereocenters. The predicted molar refractivity (Wildman–Crippen MR) is 107 cm³/mol. The van der Waals surface area contributed by atoms with Gasteiger partial charge in [0.25, 0.3) is 0 Å². The minimum Gasteiger partial charge on any atom is -0.357 e. The molecular formula is C23H21F3N2. The molecule has 144 valence electrons. The minimum atomic E-state index is -4.35. The fraction of sp³-hybridized carbons (Fsp3) is 0.217. The Morgan fingerprint density at radius 1 is 0.821 bits per heavy atom. The molecule has 0 amide bonds. The van der Waals surface area contributed by atoms with E-state index in [0.29, 0.717) is 0 Å². The first-order valence-corrected chi connectivity index (χ1v) is 9.13. The minimum absolute atomic E-state index is 0.644. The summed E-state index contributed by atoms with van der Waals surface area (Å²) >= 11 is 0. The molecule has 0 radical (unpaired) electrons. The van der Waals surface area contributed by atoms with Crippen molar-refractivity contribution in [3.63, 3.8) is 0 Å². The summed E-state index contributed by atoms with van der Waals surface area (Å²) < 4.78 is 39.1. The number of para-hydroxylation sites is 3. The Balaban J connectivity index is 1.90. The Morgan fingerprint density at radius 2 is 1.43 bits per heavy atom. The molecule has 1 aliphatic heterocycles. The fourth-order valence-electron chi connectivity index (χ4n) is 4.02. The van der Waals surface area contributed by atoms with Crippen molar-refractivity contribution >= 4 is 17.1 Å². The van der Waals surface area contributed by atoms with Gasteiger partial charge >= 0.3 is 6.18 Å². The molecular weight excluding hydrogens is 361 g/mol. The molecule has 1 aliphatic rings. The normalized spacial score (nSPS) is 18.7. The van der Waals surface area contributed by atoms with Crippen molar-refractivity contribution in [2.45, 2.75) is 32.6 Å². The van der Waals surface area contributed by atoms with Gasteiger partial charge in [0.15, 0.2) is 0 Å². The SMILES string of the molecule is Cc1cccc(C)c1N1c2ccccc2NC1(C)c1ccc(C(F)(F)F)cc1. The quantitative estimate of drug-likeness (QED) is 0.527. The Labute approximate surface area is 162 Å². The second-order valence-electron chi connectivity index (χ2n) is 7.37. The van der Waals surface area contributed by atoms with E-state index < -0.39 is 17.4 Å². The highest BCUT2D eigenvalue weighted by Gasteiger charge is 2.43. The van der Waals surface area contributed by atoms with E-state index >= 15 is 0 Å². The Hall–Kier alpha value is -2.95. The van der Waals surface area contributed by atoms with E-state index in [0.717, 1.165) is 45.9 Å². The van der Waals surface area contributed by atoms with Gasteiger partial charge in [-0.25, -0.2) is 0 Å². The van der Waals surface area contributed by atoms with Crippen molar-refractivity contribution in [2.24, 2.45) is 0 Å². The summed E-state index contributed by atoms with van der Waals surface area (Å²) in [5, 5.41) is 3.53. The molecule has 0 saturated carbocycles. The number of fused-ring (bicyclic) bond motifs is 1. The van der Waals surface area contributed by atoms with Crippen LogP contribution in [0.3, 0.4) is 0 Å². The van der Waals surface area contributed by atoms with Crippen molar-refractivity contribution in [1.82, 2.24) is 0 Å². The number of nitrogens with zero attached hydrogens (tertiary/aromatic N) is 1. The Bertz CT molecular complexity index is 1000. The summed E-state index contributed by atoms with van der Waals surface area (Å²) in [4.78, 5) is 2.19. The molecule has 0 aliphatic carbocycles. The molecule has 2 nitrogen and oxygen atoms in total. The van der Waals surface area contributed by atoms with Gasteiger partial charge in [-0.1, -0.05) is 42.5 Å². The average Bonchev–Trinajstić information content (AvgIpc) is 2.95. The third kappa shape index (κ3) is 2.82. The maximum absolute atomic E-state index is 13.0. The van der Waals surface area contributed by atoms with Gasteiger partial charge in [0.1, 0.15) is 5.66 Å². The number of anilines is 3. The lowest BCUT2D eigenvalue weighted by molar-refractivity contribution is -0.137. The molecule has 0 saturated heterocycles. The summed E-state index contributed by atoms with van der Waals surface area (Å²) in [6.45, 7) is 6.11. The van der Waals surface area contributed by atoms with Crippen molar-refractivity contribution in [3.05, 3.63) is 89.0 Å². The van der Waals surface area contributed by atoms with Gasteiger partial charge in [-0.05, 0) is 61.7 Å². The van der Waals surface area contributed by atoms with Gasteiger partial charge in [-0.3, -0.25) is 0 Å². The van der Waals surface area contributed by atoms with Crippen LogP contribution in [0.2, 0.25) is 0 Å².